The van der Waals surface area contributed by atoms with Gasteiger partial charge in [0.2, 0.25) is 11.6 Å². The summed E-state index contributed by atoms with van der Waals surface area (Å²) in [4.78, 5) is 14.3. The molecule has 0 saturated carbocycles. The average molecular weight is 375 g/mol. The highest BCUT2D eigenvalue weighted by molar-refractivity contribution is 8.00. The maximum Gasteiger partial charge on any atom is 0.285 e. The largest absolute Gasteiger partial charge is 1.00 e. The van der Waals surface area contributed by atoms with Crippen LogP contribution in [0.25, 0.3) is 17.3 Å². The predicted molar refractivity (Wildman–Crippen MR) is 100 cm³/mol. The Kier molecular flexibility index (Phi) is 6.68. The van der Waals surface area contributed by atoms with Crippen molar-refractivity contribution < 1.29 is 21.8 Å². The lowest BCUT2D eigenvalue weighted by atomic mass is 10.1. The zero-order valence-electron chi connectivity index (χ0n) is 14.6. The number of hydrogen-bond acceptors (Lipinski definition) is 2. The average Bonchev–Trinajstić information content (AvgIpc) is 2.95. The molecule has 132 valence electrons. The topological polar surface area (TPSA) is 24.2 Å². The molecule has 0 aliphatic carbocycles. The number of amides is 1. The molecule has 1 aliphatic heterocycles. The van der Waals surface area contributed by atoms with E-state index in [9.17, 15) is 4.79 Å². The van der Waals surface area contributed by atoms with E-state index in [0.717, 1.165) is 23.4 Å². The first-order valence-electron chi connectivity index (χ1n) is 8.24. The second-order valence-electron chi connectivity index (χ2n) is 6.40. The van der Waals surface area contributed by atoms with Crippen LogP contribution in [0, 0.1) is 5.92 Å². The number of aromatic nitrogens is 1. The van der Waals surface area contributed by atoms with Gasteiger partial charge in [-0.1, -0.05) is 50.4 Å². The van der Waals surface area contributed by atoms with Crippen LogP contribution in [0.4, 0.5) is 0 Å². The highest BCUT2D eigenvalue weighted by atomic mass is 35.5. The maximum absolute atomic E-state index is 12.3. The second-order valence-corrected chi connectivity index (χ2v) is 7.44. The van der Waals surface area contributed by atoms with Crippen LogP contribution in [0.5, 0.6) is 0 Å². The standard InChI is InChI=1S/C20H23N2OS.ClH/c1-4-16-8-10-17(11-9-16)18-7-5-6-12-21(18)20-22(13-15(2)3)19(23)14-24-20;/h4-12,15,20H,1,13-14H2,2-3H3;1H/q+1;/p-1. The lowest BCUT2D eigenvalue weighted by Gasteiger charge is -2.22. The van der Waals surface area contributed by atoms with E-state index in [1.807, 2.05) is 23.1 Å². The Morgan fingerprint density at radius 2 is 2.00 bits per heavy atom. The van der Waals surface area contributed by atoms with Crippen molar-refractivity contribution in [3.8, 4) is 11.3 Å². The SMILES string of the molecule is C=Cc1ccc(-c2cccc[n+]2C2SCC(=O)N2CC(C)C)cc1.[Cl-]. The minimum absolute atomic E-state index is 0. The fraction of sp³-hybridized carbons (Fsp3) is 0.300. The zero-order chi connectivity index (χ0) is 17.1. The summed E-state index contributed by atoms with van der Waals surface area (Å²) >= 11 is 1.69. The monoisotopic (exact) mass is 374 g/mol. The third kappa shape index (κ3) is 4.25. The van der Waals surface area contributed by atoms with Crippen LogP contribution in [0.3, 0.4) is 0 Å². The summed E-state index contributed by atoms with van der Waals surface area (Å²) in [6.07, 6.45) is 3.92. The Morgan fingerprint density at radius 1 is 1.28 bits per heavy atom. The van der Waals surface area contributed by atoms with Gasteiger partial charge in [-0.25, -0.2) is 0 Å². The van der Waals surface area contributed by atoms with Crippen molar-refractivity contribution in [3.63, 3.8) is 0 Å². The summed E-state index contributed by atoms with van der Waals surface area (Å²) in [6, 6.07) is 14.5. The molecule has 3 nitrogen and oxygen atoms in total. The number of nitrogens with zero attached hydrogens (tertiary/aromatic N) is 2. The van der Waals surface area contributed by atoms with Gasteiger partial charge in [-0.15, -0.1) is 0 Å². The van der Waals surface area contributed by atoms with Crippen molar-refractivity contribution in [2.45, 2.75) is 19.3 Å². The Hall–Kier alpha value is -1.78. The van der Waals surface area contributed by atoms with E-state index in [2.05, 4.69) is 61.5 Å². The third-order valence-corrected chi connectivity index (χ3v) is 5.27. The van der Waals surface area contributed by atoms with Crippen LogP contribution < -0.4 is 17.0 Å². The van der Waals surface area contributed by atoms with Crippen molar-refractivity contribution in [1.29, 1.82) is 0 Å². The lowest BCUT2D eigenvalue weighted by Crippen LogP contribution is -3.00. The summed E-state index contributed by atoms with van der Waals surface area (Å²) in [5.41, 5.74) is 3.39. The van der Waals surface area contributed by atoms with Gasteiger partial charge in [-0.2, -0.15) is 4.57 Å². The quantitative estimate of drug-likeness (QED) is 0.728. The molecule has 1 saturated heterocycles. The van der Waals surface area contributed by atoms with Crippen molar-refractivity contribution in [2.24, 2.45) is 5.92 Å². The highest BCUT2D eigenvalue weighted by Crippen LogP contribution is 2.32. The summed E-state index contributed by atoms with van der Waals surface area (Å²) in [6.45, 7) is 8.89. The molecule has 25 heavy (non-hydrogen) atoms. The second kappa shape index (κ2) is 8.54. The number of carbonyl (C=O) groups is 1. The van der Waals surface area contributed by atoms with Crippen LogP contribution in [-0.2, 0) is 4.79 Å². The molecular weight excluding hydrogens is 352 g/mol. The number of hydrogen-bond donors (Lipinski definition) is 0. The first kappa shape index (κ1) is 19.5. The molecule has 0 radical (unpaired) electrons. The van der Waals surface area contributed by atoms with Crippen LogP contribution >= 0.6 is 11.8 Å². The number of halogens is 1. The number of benzene rings is 1. The molecule has 1 unspecified atom stereocenters. The van der Waals surface area contributed by atoms with Gasteiger partial charge >= 0.3 is 0 Å². The highest BCUT2D eigenvalue weighted by Gasteiger charge is 2.39. The summed E-state index contributed by atoms with van der Waals surface area (Å²) in [5, 5.41) is 0. The van der Waals surface area contributed by atoms with E-state index in [0.29, 0.717) is 11.7 Å². The maximum atomic E-state index is 12.3. The van der Waals surface area contributed by atoms with Gasteiger partial charge in [0.1, 0.15) is 0 Å². The number of rotatable bonds is 5. The van der Waals surface area contributed by atoms with E-state index >= 15 is 0 Å². The van der Waals surface area contributed by atoms with Gasteiger partial charge in [0, 0.05) is 24.2 Å². The predicted octanol–water partition coefficient (Wildman–Crippen LogP) is 0.976. The van der Waals surface area contributed by atoms with Crippen LogP contribution in [0.1, 0.15) is 24.9 Å². The molecule has 0 N–H and O–H groups in total. The Bertz CT molecular complexity index is 746. The van der Waals surface area contributed by atoms with Crippen LogP contribution in [-0.4, -0.2) is 23.1 Å². The molecular formula is C20H23ClN2OS. The minimum Gasteiger partial charge on any atom is -1.00 e. The Labute approximate surface area is 160 Å². The van der Waals surface area contributed by atoms with Gasteiger partial charge in [0.25, 0.3) is 5.50 Å². The van der Waals surface area contributed by atoms with E-state index < -0.39 is 0 Å². The molecule has 1 aromatic heterocycles. The zero-order valence-corrected chi connectivity index (χ0v) is 16.1. The van der Waals surface area contributed by atoms with Gasteiger partial charge in [-0.3, -0.25) is 9.69 Å². The molecule has 1 aliphatic rings. The molecule has 1 fully saturated rings. The normalized spacial score (nSPS) is 16.8. The van der Waals surface area contributed by atoms with Gasteiger partial charge < -0.3 is 12.4 Å². The van der Waals surface area contributed by atoms with Crippen molar-refractivity contribution in [1.82, 2.24) is 4.90 Å². The van der Waals surface area contributed by atoms with Crippen molar-refractivity contribution in [3.05, 3.63) is 60.8 Å². The molecule has 1 atom stereocenters. The number of carbonyl (C=O) groups excluding carboxylic acids is 1. The number of pyridine rings is 1. The smallest absolute Gasteiger partial charge is 0.285 e. The van der Waals surface area contributed by atoms with Gasteiger partial charge in [0.15, 0.2) is 6.20 Å². The van der Waals surface area contributed by atoms with Crippen molar-refractivity contribution in [2.75, 3.05) is 12.3 Å². The van der Waals surface area contributed by atoms with Gasteiger partial charge in [-0.05, 0) is 29.7 Å². The fourth-order valence-corrected chi connectivity index (χ4v) is 4.13. The van der Waals surface area contributed by atoms with Gasteiger partial charge in [0.05, 0.1) is 5.75 Å². The summed E-state index contributed by atoms with van der Waals surface area (Å²) in [7, 11) is 0. The first-order valence-corrected chi connectivity index (χ1v) is 9.29. The first-order chi connectivity index (χ1) is 11.6. The fourth-order valence-electron chi connectivity index (χ4n) is 2.94. The molecule has 0 bridgehead atoms. The number of thioether (sulfide) groups is 1. The molecule has 1 amide bonds. The molecule has 1 aromatic carbocycles. The van der Waals surface area contributed by atoms with E-state index in [1.54, 1.807) is 11.8 Å². The van der Waals surface area contributed by atoms with Crippen LogP contribution in [0.2, 0.25) is 0 Å². The lowest BCUT2D eigenvalue weighted by molar-refractivity contribution is -0.705. The minimum atomic E-state index is 0. The Balaban J connectivity index is 0.00000225. The van der Waals surface area contributed by atoms with Crippen molar-refractivity contribution >= 4 is 23.7 Å². The third-order valence-electron chi connectivity index (χ3n) is 4.07. The summed E-state index contributed by atoms with van der Waals surface area (Å²) < 4.78 is 2.21. The van der Waals surface area contributed by atoms with Crippen LogP contribution in [0.15, 0.2) is 55.2 Å². The van der Waals surface area contributed by atoms with E-state index in [1.165, 1.54) is 0 Å². The molecule has 2 aromatic rings. The molecule has 0 spiro atoms. The molecule has 3 rings (SSSR count). The van der Waals surface area contributed by atoms with E-state index in [4.69, 9.17) is 0 Å². The Morgan fingerprint density at radius 3 is 2.64 bits per heavy atom. The summed E-state index contributed by atoms with van der Waals surface area (Å²) in [5.74, 6) is 1.23. The molecule has 2 heterocycles. The molecule has 5 heteroatoms. The van der Waals surface area contributed by atoms with E-state index in [-0.39, 0.29) is 23.8 Å².